The smallest absolute Gasteiger partial charge is 0.414 e. The number of benzene rings is 1. The van der Waals surface area contributed by atoms with Crippen LogP contribution in [0.3, 0.4) is 0 Å². The standard InChI is InChI=1S/C19H27N3O4/c1-19(2,3)26-17(23)16-9-12-4-5-14(8-13(12)6-7-21-16)22-11-15(10-20)25-18(22)24/h4-5,8,15-16,21H,6-7,9-11,20H2,1-3H3. The fraction of sp³-hybridized carbons (Fsp3) is 0.579. The van der Waals surface area contributed by atoms with Gasteiger partial charge < -0.3 is 20.5 Å². The average molecular weight is 361 g/mol. The third-order valence-corrected chi connectivity index (χ3v) is 4.54. The molecule has 0 aromatic heterocycles. The van der Waals surface area contributed by atoms with Crippen LogP contribution in [0.15, 0.2) is 18.2 Å². The molecule has 3 N–H and O–H groups in total. The SMILES string of the molecule is CC(C)(C)OC(=O)C1Cc2ccc(N3CC(CN)OC3=O)cc2CCN1. The molecule has 0 aliphatic carbocycles. The van der Waals surface area contributed by atoms with E-state index in [4.69, 9.17) is 15.2 Å². The quantitative estimate of drug-likeness (QED) is 0.790. The van der Waals surface area contributed by atoms with Gasteiger partial charge in [0.2, 0.25) is 0 Å². The molecule has 1 saturated heterocycles. The minimum absolute atomic E-state index is 0.233. The summed E-state index contributed by atoms with van der Waals surface area (Å²) < 4.78 is 10.7. The Labute approximate surface area is 153 Å². The lowest BCUT2D eigenvalue weighted by molar-refractivity contribution is -0.157. The number of fused-ring (bicyclic) bond motifs is 1. The zero-order valence-corrected chi connectivity index (χ0v) is 15.6. The van der Waals surface area contributed by atoms with Crippen molar-refractivity contribution in [3.05, 3.63) is 29.3 Å². The van der Waals surface area contributed by atoms with Crippen molar-refractivity contribution in [3.63, 3.8) is 0 Å². The molecule has 3 rings (SSSR count). The molecule has 0 bridgehead atoms. The third kappa shape index (κ3) is 4.16. The monoisotopic (exact) mass is 361 g/mol. The Morgan fingerprint density at radius 3 is 2.81 bits per heavy atom. The van der Waals surface area contributed by atoms with Gasteiger partial charge in [-0.2, -0.15) is 0 Å². The molecule has 142 valence electrons. The second-order valence-electron chi connectivity index (χ2n) is 7.80. The van der Waals surface area contributed by atoms with E-state index in [1.165, 1.54) is 0 Å². The fourth-order valence-corrected chi connectivity index (χ4v) is 3.28. The van der Waals surface area contributed by atoms with Crippen LogP contribution in [0.2, 0.25) is 0 Å². The molecule has 2 aliphatic rings. The first-order chi connectivity index (χ1) is 12.3. The molecule has 2 atom stereocenters. The molecule has 0 saturated carbocycles. The molecule has 7 nitrogen and oxygen atoms in total. The summed E-state index contributed by atoms with van der Waals surface area (Å²) in [6, 6.07) is 5.53. The number of rotatable bonds is 3. The van der Waals surface area contributed by atoms with E-state index in [1.54, 1.807) is 4.90 Å². The second kappa shape index (κ2) is 7.25. The summed E-state index contributed by atoms with van der Waals surface area (Å²) in [6.07, 6.45) is 0.727. The largest absolute Gasteiger partial charge is 0.459 e. The summed E-state index contributed by atoms with van der Waals surface area (Å²) >= 11 is 0. The number of hydrogen-bond acceptors (Lipinski definition) is 6. The molecule has 1 aromatic carbocycles. The van der Waals surface area contributed by atoms with E-state index in [2.05, 4.69) is 5.32 Å². The summed E-state index contributed by atoms with van der Waals surface area (Å²) in [5.74, 6) is -0.233. The van der Waals surface area contributed by atoms with Crippen LogP contribution >= 0.6 is 0 Å². The molecule has 2 heterocycles. The van der Waals surface area contributed by atoms with E-state index in [1.807, 2.05) is 39.0 Å². The number of nitrogens with zero attached hydrogens (tertiary/aromatic N) is 1. The normalized spacial score (nSPS) is 23.2. The average Bonchev–Trinajstić information content (AvgIpc) is 2.81. The third-order valence-electron chi connectivity index (χ3n) is 4.54. The molecule has 1 amide bonds. The molecule has 1 aromatic rings. The van der Waals surface area contributed by atoms with Crippen molar-refractivity contribution in [1.29, 1.82) is 0 Å². The lowest BCUT2D eigenvalue weighted by Crippen LogP contribution is -2.42. The summed E-state index contributed by atoms with van der Waals surface area (Å²) in [6.45, 7) is 7.06. The fourth-order valence-electron chi connectivity index (χ4n) is 3.28. The molecule has 0 radical (unpaired) electrons. The summed E-state index contributed by atoms with van der Waals surface area (Å²) in [4.78, 5) is 26.0. The van der Waals surface area contributed by atoms with E-state index < -0.39 is 5.60 Å². The molecule has 2 unspecified atom stereocenters. The zero-order valence-electron chi connectivity index (χ0n) is 15.6. The van der Waals surface area contributed by atoms with Crippen molar-refractivity contribution >= 4 is 17.7 Å². The van der Waals surface area contributed by atoms with Crippen LogP contribution in [0.5, 0.6) is 0 Å². The van der Waals surface area contributed by atoms with Crippen molar-refractivity contribution < 1.29 is 19.1 Å². The Hall–Kier alpha value is -2.12. The number of cyclic esters (lactones) is 1. The number of amides is 1. The minimum Gasteiger partial charge on any atom is -0.459 e. The Balaban J connectivity index is 1.76. The topological polar surface area (TPSA) is 93.9 Å². The molecule has 26 heavy (non-hydrogen) atoms. The van der Waals surface area contributed by atoms with Gasteiger partial charge in [0.15, 0.2) is 0 Å². The molecule has 2 aliphatic heterocycles. The van der Waals surface area contributed by atoms with Gasteiger partial charge in [-0.15, -0.1) is 0 Å². The van der Waals surface area contributed by atoms with Gasteiger partial charge in [0.25, 0.3) is 0 Å². The number of ether oxygens (including phenoxy) is 2. The van der Waals surface area contributed by atoms with Gasteiger partial charge in [-0.3, -0.25) is 9.69 Å². The first-order valence-corrected chi connectivity index (χ1v) is 9.03. The Morgan fingerprint density at radius 2 is 2.15 bits per heavy atom. The summed E-state index contributed by atoms with van der Waals surface area (Å²) in [5, 5.41) is 3.27. The highest BCUT2D eigenvalue weighted by atomic mass is 16.6. The Bertz CT molecular complexity index is 699. The van der Waals surface area contributed by atoms with Crippen LogP contribution < -0.4 is 16.0 Å². The maximum absolute atomic E-state index is 12.4. The first-order valence-electron chi connectivity index (χ1n) is 9.03. The Morgan fingerprint density at radius 1 is 1.38 bits per heavy atom. The Kier molecular flexibility index (Phi) is 5.20. The van der Waals surface area contributed by atoms with E-state index in [0.29, 0.717) is 26.1 Å². The number of anilines is 1. The van der Waals surface area contributed by atoms with Gasteiger partial charge in [-0.05, 0) is 63.4 Å². The molecule has 0 spiro atoms. The molecule has 7 heteroatoms. The maximum atomic E-state index is 12.4. The number of esters is 1. The van der Waals surface area contributed by atoms with Gasteiger partial charge in [-0.1, -0.05) is 6.07 Å². The number of carbonyl (C=O) groups excluding carboxylic acids is 2. The number of carbonyl (C=O) groups is 2. The molecular formula is C19H27N3O4. The maximum Gasteiger partial charge on any atom is 0.414 e. The van der Waals surface area contributed by atoms with Gasteiger partial charge >= 0.3 is 12.1 Å². The minimum atomic E-state index is -0.507. The summed E-state index contributed by atoms with van der Waals surface area (Å²) in [5.41, 5.74) is 8.12. The van der Waals surface area contributed by atoms with Crippen LogP contribution in [0.25, 0.3) is 0 Å². The van der Waals surface area contributed by atoms with Crippen molar-refractivity contribution in [2.24, 2.45) is 5.73 Å². The molecular weight excluding hydrogens is 334 g/mol. The highest BCUT2D eigenvalue weighted by molar-refractivity contribution is 5.90. The summed E-state index contributed by atoms with van der Waals surface area (Å²) in [7, 11) is 0. The predicted octanol–water partition coefficient (Wildman–Crippen LogP) is 1.37. The number of hydrogen-bond donors (Lipinski definition) is 2. The second-order valence-corrected chi connectivity index (χ2v) is 7.80. The van der Waals surface area contributed by atoms with Gasteiger partial charge in [0, 0.05) is 12.2 Å². The van der Waals surface area contributed by atoms with Gasteiger partial charge in [0.05, 0.1) is 6.54 Å². The lowest BCUT2D eigenvalue weighted by atomic mass is 9.99. The van der Waals surface area contributed by atoms with Crippen LogP contribution in [0.1, 0.15) is 31.9 Å². The van der Waals surface area contributed by atoms with Gasteiger partial charge in [-0.25, -0.2) is 4.79 Å². The first kappa shape index (κ1) is 18.7. The van der Waals surface area contributed by atoms with Gasteiger partial charge in [0.1, 0.15) is 17.7 Å². The number of nitrogens with one attached hydrogen (secondary N) is 1. The van der Waals surface area contributed by atoms with Crippen molar-refractivity contribution in [2.45, 2.75) is 51.4 Å². The predicted molar refractivity (Wildman–Crippen MR) is 98.2 cm³/mol. The van der Waals surface area contributed by atoms with Crippen LogP contribution in [0, 0.1) is 0 Å². The van der Waals surface area contributed by atoms with Crippen LogP contribution in [0.4, 0.5) is 10.5 Å². The van der Waals surface area contributed by atoms with E-state index >= 15 is 0 Å². The van der Waals surface area contributed by atoms with Crippen molar-refractivity contribution in [3.8, 4) is 0 Å². The van der Waals surface area contributed by atoms with Crippen molar-refractivity contribution in [1.82, 2.24) is 5.32 Å². The van der Waals surface area contributed by atoms with E-state index in [-0.39, 0.29) is 24.2 Å². The molecule has 1 fully saturated rings. The van der Waals surface area contributed by atoms with E-state index in [0.717, 1.165) is 23.2 Å². The van der Waals surface area contributed by atoms with Crippen molar-refractivity contribution in [2.75, 3.05) is 24.5 Å². The van der Waals surface area contributed by atoms with Crippen LogP contribution in [-0.4, -0.2) is 49.4 Å². The lowest BCUT2D eigenvalue weighted by Gasteiger charge is -2.24. The highest BCUT2D eigenvalue weighted by Crippen LogP contribution is 2.26. The highest BCUT2D eigenvalue weighted by Gasteiger charge is 2.32. The number of nitrogens with two attached hydrogens (primary N) is 1. The zero-order chi connectivity index (χ0) is 18.9. The van der Waals surface area contributed by atoms with Crippen LogP contribution in [-0.2, 0) is 27.1 Å². The van der Waals surface area contributed by atoms with E-state index in [9.17, 15) is 9.59 Å².